The van der Waals surface area contributed by atoms with Crippen molar-refractivity contribution in [2.45, 2.75) is 0 Å². The predicted octanol–water partition coefficient (Wildman–Crippen LogP) is 2.33. The van der Waals surface area contributed by atoms with Gasteiger partial charge in [-0.1, -0.05) is 12.1 Å². The van der Waals surface area contributed by atoms with Crippen molar-refractivity contribution in [3.05, 3.63) is 65.7 Å². The zero-order valence-corrected chi connectivity index (χ0v) is 10.9. The van der Waals surface area contributed by atoms with E-state index in [4.69, 9.17) is 0 Å². The van der Waals surface area contributed by atoms with E-state index < -0.39 is 23.4 Å². The summed E-state index contributed by atoms with van der Waals surface area (Å²) in [6.07, 6.45) is 0. The van der Waals surface area contributed by atoms with E-state index in [-0.39, 0.29) is 12.1 Å². The molecule has 2 N–H and O–H groups in total. The lowest BCUT2D eigenvalue weighted by atomic mass is 10.2. The second-order valence-corrected chi connectivity index (χ2v) is 4.22. The highest BCUT2D eigenvalue weighted by molar-refractivity contribution is 5.99. The molecular formula is C15H12F2N2O2. The average molecular weight is 290 g/mol. The van der Waals surface area contributed by atoms with Gasteiger partial charge in [-0.3, -0.25) is 9.59 Å². The molecule has 0 heterocycles. The van der Waals surface area contributed by atoms with Crippen LogP contribution in [0.1, 0.15) is 10.4 Å². The number of rotatable bonds is 4. The molecule has 2 aromatic carbocycles. The number of carbonyl (C=O) groups is 2. The van der Waals surface area contributed by atoms with Crippen LogP contribution in [0.5, 0.6) is 0 Å². The monoisotopic (exact) mass is 290 g/mol. The fraction of sp³-hybridized carbons (Fsp3) is 0.0667. The van der Waals surface area contributed by atoms with Crippen LogP contribution in [-0.2, 0) is 4.79 Å². The molecule has 6 heteroatoms. The first-order valence-electron chi connectivity index (χ1n) is 6.14. The maximum atomic E-state index is 13.4. The third kappa shape index (κ3) is 4.10. The molecule has 21 heavy (non-hydrogen) atoms. The maximum absolute atomic E-state index is 13.4. The summed E-state index contributed by atoms with van der Waals surface area (Å²) >= 11 is 0. The number of carbonyl (C=O) groups excluding carboxylic acids is 2. The average Bonchev–Trinajstić information content (AvgIpc) is 2.48. The van der Waals surface area contributed by atoms with Gasteiger partial charge < -0.3 is 10.6 Å². The van der Waals surface area contributed by atoms with Crippen LogP contribution in [0.4, 0.5) is 14.5 Å². The molecule has 0 radical (unpaired) electrons. The fourth-order valence-electron chi connectivity index (χ4n) is 1.64. The minimum absolute atomic E-state index is 0.132. The van der Waals surface area contributed by atoms with E-state index in [1.54, 1.807) is 0 Å². The van der Waals surface area contributed by atoms with Gasteiger partial charge in [-0.15, -0.1) is 0 Å². The summed E-state index contributed by atoms with van der Waals surface area (Å²) in [5, 5.41) is 4.78. The number of hydrogen-bond donors (Lipinski definition) is 2. The van der Waals surface area contributed by atoms with E-state index in [1.807, 2.05) is 0 Å². The SMILES string of the molecule is O=C(CNC(=O)c1ccccc1F)Nc1ccc(F)cc1. The molecule has 2 aromatic rings. The molecule has 0 bridgehead atoms. The van der Waals surface area contributed by atoms with Crippen molar-refractivity contribution in [3.8, 4) is 0 Å². The van der Waals surface area contributed by atoms with Crippen molar-refractivity contribution < 1.29 is 18.4 Å². The molecule has 0 saturated heterocycles. The Bertz CT molecular complexity index is 657. The Hall–Kier alpha value is -2.76. The van der Waals surface area contributed by atoms with E-state index in [1.165, 1.54) is 42.5 Å². The van der Waals surface area contributed by atoms with Crippen LogP contribution in [0.2, 0.25) is 0 Å². The normalized spacial score (nSPS) is 10.0. The molecule has 2 rings (SSSR count). The second kappa shape index (κ2) is 6.60. The minimum Gasteiger partial charge on any atom is -0.343 e. The number of amides is 2. The van der Waals surface area contributed by atoms with Crippen LogP contribution in [0, 0.1) is 11.6 Å². The summed E-state index contributed by atoms with van der Waals surface area (Å²) in [5.74, 6) is -2.25. The van der Waals surface area contributed by atoms with Crippen molar-refractivity contribution >= 4 is 17.5 Å². The highest BCUT2D eigenvalue weighted by Gasteiger charge is 2.11. The van der Waals surface area contributed by atoms with Crippen LogP contribution in [-0.4, -0.2) is 18.4 Å². The van der Waals surface area contributed by atoms with Gasteiger partial charge in [-0.2, -0.15) is 0 Å². The number of nitrogens with one attached hydrogen (secondary N) is 2. The fourth-order valence-corrected chi connectivity index (χ4v) is 1.64. The molecule has 108 valence electrons. The van der Waals surface area contributed by atoms with Crippen molar-refractivity contribution in [3.63, 3.8) is 0 Å². The van der Waals surface area contributed by atoms with Gasteiger partial charge in [0.15, 0.2) is 0 Å². The first-order valence-corrected chi connectivity index (χ1v) is 6.14. The topological polar surface area (TPSA) is 58.2 Å². The maximum Gasteiger partial charge on any atom is 0.254 e. The lowest BCUT2D eigenvalue weighted by Gasteiger charge is -2.07. The van der Waals surface area contributed by atoms with Crippen LogP contribution < -0.4 is 10.6 Å². The van der Waals surface area contributed by atoms with Crippen molar-refractivity contribution in [2.24, 2.45) is 0 Å². The molecule has 0 aliphatic carbocycles. The second-order valence-electron chi connectivity index (χ2n) is 4.22. The van der Waals surface area contributed by atoms with Crippen molar-refractivity contribution in [2.75, 3.05) is 11.9 Å². The third-order valence-corrected chi connectivity index (χ3v) is 2.66. The lowest BCUT2D eigenvalue weighted by molar-refractivity contribution is -0.115. The van der Waals surface area contributed by atoms with Gasteiger partial charge >= 0.3 is 0 Å². The van der Waals surface area contributed by atoms with Gasteiger partial charge in [0.1, 0.15) is 11.6 Å². The molecule has 0 aromatic heterocycles. The lowest BCUT2D eigenvalue weighted by Crippen LogP contribution is -2.33. The predicted molar refractivity (Wildman–Crippen MR) is 73.8 cm³/mol. The molecule has 4 nitrogen and oxygen atoms in total. The van der Waals surface area contributed by atoms with Gasteiger partial charge in [0.2, 0.25) is 5.91 Å². The number of halogens is 2. The molecule has 0 atom stereocenters. The molecule has 2 amide bonds. The quantitative estimate of drug-likeness (QED) is 0.908. The first-order chi connectivity index (χ1) is 10.1. The van der Waals surface area contributed by atoms with Crippen molar-refractivity contribution in [1.29, 1.82) is 0 Å². The summed E-state index contributed by atoms with van der Waals surface area (Å²) < 4.78 is 26.1. The molecule has 0 aliphatic rings. The van der Waals surface area contributed by atoms with Gasteiger partial charge in [0.05, 0.1) is 12.1 Å². The number of hydrogen-bond acceptors (Lipinski definition) is 2. The van der Waals surface area contributed by atoms with Crippen molar-refractivity contribution in [1.82, 2.24) is 5.32 Å². The zero-order chi connectivity index (χ0) is 15.2. The Morgan fingerprint density at radius 1 is 0.952 bits per heavy atom. The molecule has 0 aliphatic heterocycles. The standard InChI is InChI=1S/C15H12F2N2O2/c16-10-5-7-11(8-6-10)19-14(20)9-18-15(21)12-3-1-2-4-13(12)17/h1-8H,9H2,(H,18,21)(H,19,20). The highest BCUT2D eigenvalue weighted by atomic mass is 19.1. The molecular weight excluding hydrogens is 278 g/mol. The summed E-state index contributed by atoms with van der Waals surface area (Å²) in [7, 11) is 0. The Balaban J connectivity index is 1.88. The summed E-state index contributed by atoms with van der Waals surface area (Å²) in [6.45, 7) is -0.315. The number of anilines is 1. The smallest absolute Gasteiger partial charge is 0.254 e. The summed E-state index contributed by atoms with van der Waals surface area (Å²) in [4.78, 5) is 23.3. The van der Waals surface area contributed by atoms with E-state index >= 15 is 0 Å². The van der Waals surface area contributed by atoms with Crippen LogP contribution in [0.25, 0.3) is 0 Å². The highest BCUT2D eigenvalue weighted by Crippen LogP contribution is 2.08. The van der Waals surface area contributed by atoms with E-state index in [0.717, 1.165) is 6.07 Å². The summed E-state index contributed by atoms with van der Waals surface area (Å²) in [5.41, 5.74) is 0.272. The van der Waals surface area contributed by atoms with Crippen LogP contribution in [0.3, 0.4) is 0 Å². The Morgan fingerprint density at radius 2 is 1.62 bits per heavy atom. The van der Waals surface area contributed by atoms with E-state index in [0.29, 0.717) is 5.69 Å². The Kier molecular flexibility index (Phi) is 4.61. The molecule has 0 saturated carbocycles. The van der Waals surface area contributed by atoms with Gasteiger partial charge in [0.25, 0.3) is 5.91 Å². The zero-order valence-electron chi connectivity index (χ0n) is 10.9. The van der Waals surface area contributed by atoms with Gasteiger partial charge in [-0.25, -0.2) is 8.78 Å². The van der Waals surface area contributed by atoms with E-state index in [2.05, 4.69) is 10.6 Å². The van der Waals surface area contributed by atoms with Crippen LogP contribution in [0.15, 0.2) is 48.5 Å². The first kappa shape index (κ1) is 14.6. The molecule has 0 spiro atoms. The van der Waals surface area contributed by atoms with Crippen LogP contribution >= 0.6 is 0 Å². The largest absolute Gasteiger partial charge is 0.343 e. The van der Waals surface area contributed by atoms with Gasteiger partial charge in [0, 0.05) is 5.69 Å². The van der Waals surface area contributed by atoms with E-state index in [9.17, 15) is 18.4 Å². The Labute approximate surface area is 119 Å². The van der Waals surface area contributed by atoms with Gasteiger partial charge in [-0.05, 0) is 36.4 Å². The third-order valence-electron chi connectivity index (χ3n) is 2.66. The minimum atomic E-state index is -0.678. The molecule has 0 unspecified atom stereocenters. The number of benzene rings is 2. The Morgan fingerprint density at radius 3 is 2.29 bits per heavy atom. The molecule has 0 fully saturated rings. The summed E-state index contributed by atoms with van der Waals surface area (Å²) in [6, 6.07) is 10.7.